The van der Waals surface area contributed by atoms with E-state index in [2.05, 4.69) is 29.6 Å². The number of rotatable bonds is 9. The first-order valence-corrected chi connectivity index (χ1v) is 9.15. The van der Waals surface area contributed by atoms with Crippen molar-refractivity contribution in [2.45, 2.75) is 71.4 Å². The first-order chi connectivity index (χ1) is 10.3. The Bertz CT molecular complexity index is 480. The number of hydrogen-bond donors (Lipinski definition) is 3. The van der Waals surface area contributed by atoms with Gasteiger partial charge in [0.05, 0.1) is 6.04 Å². The maximum atomic E-state index is 8.74. The maximum Gasteiger partial charge on any atom is 0.394 e. The minimum Gasteiger partial charge on any atom is -0.334 e. The second-order valence-corrected chi connectivity index (χ2v) is 6.10. The highest BCUT2D eigenvalue weighted by molar-refractivity contribution is 7.79. The van der Waals surface area contributed by atoms with Gasteiger partial charge in [-0.25, -0.2) is 4.98 Å². The lowest BCUT2D eigenvalue weighted by Gasteiger charge is -2.12. The summed E-state index contributed by atoms with van der Waals surface area (Å²) >= 11 is 0. The summed E-state index contributed by atoms with van der Waals surface area (Å²) in [5, 5.41) is 0. The molecule has 0 aliphatic heterocycles. The van der Waals surface area contributed by atoms with E-state index in [9.17, 15) is 0 Å². The van der Waals surface area contributed by atoms with Crippen molar-refractivity contribution in [2.75, 3.05) is 0 Å². The Morgan fingerprint density at radius 3 is 2.27 bits per heavy atom. The molecule has 22 heavy (non-hydrogen) atoms. The Hall–Kier alpha value is -0.960. The Morgan fingerprint density at radius 1 is 1.18 bits per heavy atom. The molecule has 1 rings (SSSR count). The summed E-state index contributed by atoms with van der Waals surface area (Å²) in [7, 11) is -4.67. The molecule has 1 aromatic heterocycles. The van der Waals surface area contributed by atoms with Crippen molar-refractivity contribution in [3.05, 3.63) is 18.2 Å². The number of aryl methyl sites for hydroxylation is 1. The van der Waals surface area contributed by atoms with Gasteiger partial charge in [-0.3, -0.25) is 9.11 Å². The number of aromatic nitrogens is 2. The van der Waals surface area contributed by atoms with Crippen LogP contribution >= 0.6 is 0 Å². The Labute approximate surface area is 133 Å². The summed E-state index contributed by atoms with van der Waals surface area (Å²) in [4.78, 5) is 4.35. The van der Waals surface area contributed by atoms with Crippen molar-refractivity contribution < 1.29 is 17.5 Å². The standard InChI is InChI=1S/C14H27N3.H2O4S/c1-3-5-6-7-8-9-11-17-12-10-16-14(17)13(15)4-2;1-5(2,3)4/h10,12-13H,3-9,11,15H2,1-2H3;(H2,1,2,3,4). The van der Waals surface area contributed by atoms with Crippen molar-refractivity contribution in [3.63, 3.8) is 0 Å². The fraction of sp³-hybridized carbons (Fsp3) is 0.786. The van der Waals surface area contributed by atoms with Gasteiger partial charge >= 0.3 is 10.4 Å². The largest absolute Gasteiger partial charge is 0.394 e. The van der Waals surface area contributed by atoms with Crippen LogP contribution in [0.1, 0.15) is 70.7 Å². The molecular formula is C14H29N3O4S. The molecular weight excluding hydrogens is 306 g/mol. The monoisotopic (exact) mass is 335 g/mol. The van der Waals surface area contributed by atoms with Crippen molar-refractivity contribution in [3.8, 4) is 0 Å². The molecule has 1 atom stereocenters. The molecule has 1 aromatic rings. The zero-order valence-corrected chi connectivity index (χ0v) is 14.3. The van der Waals surface area contributed by atoms with Gasteiger partial charge in [0.1, 0.15) is 5.82 Å². The van der Waals surface area contributed by atoms with Crippen molar-refractivity contribution >= 4 is 10.4 Å². The lowest BCUT2D eigenvalue weighted by Crippen LogP contribution is -2.15. The first kappa shape index (κ1) is 21.0. The number of hydrogen-bond acceptors (Lipinski definition) is 4. The molecule has 0 saturated carbocycles. The van der Waals surface area contributed by atoms with E-state index in [0.717, 1.165) is 18.8 Å². The summed E-state index contributed by atoms with van der Waals surface area (Å²) < 4.78 is 33.8. The summed E-state index contributed by atoms with van der Waals surface area (Å²) in [5.41, 5.74) is 6.03. The van der Waals surface area contributed by atoms with E-state index in [4.69, 9.17) is 23.3 Å². The van der Waals surface area contributed by atoms with Gasteiger partial charge in [-0.05, 0) is 12.8 Å². The Balaban J connectivity index is 0.000000763. The van der Waals surface area contributed by atoms with Gasteiger partial charge in [-0.2, -0.15) is 8.42 Å². The summed E-state index contributed by atoms with van der Waals surface area (Å²) in [6.45, 7) is 5.42. The molecule has 130 valence electrons. The third-order valence-corrected chi connectivity index (χ3v) is 3.27. The van der Waals surface area contributed by atoms with Crippen LogP contribution < -0.4 is 5.73 Å². The number of nitrogens with two attached hydrogens (primary N) is 1. The van der Waals surface area contributed by atoms with Crippen LogP contribution in [0.4, 0.5) is 0 Å². The van der Waals surface area contributed by atoms with Crippen molar-refractivity contribution in [1.29, 1.82) is 0 Å². The van der Waals surface area contributed by atoms with Crippen LogP contribution in [0.5, 0.6) is 0 Å². The van der Waals surface area contributed by atoms with Crippen LogP contribution in [0.3, 0.4) is 0 Å². The van der Waals surface area contributed by atoms with E-state index in [0.29, 0.717) is 0 Å². The smallest absolute Gasteiger partial charge is 0.334 e. The van der Waals surface area contributed by atoms with Crippen LogP contribution in [0.15, 0.2) is 12.4 Å². The van der Waals surface area contributed by atoms with E-state index in [1.165, 1.54) is 38.5 Å². The van der Waals surface area contributed by atoms with E-state index < -0.39 is 10.4 Å². The molecule has 0 aliphatic carbocycles. The van der Waals surface area contributed by atoms with Gasteiger partial charge in [0, 0.05) is 18.9 Å². The van der Waals surface area contributed by atoms with Gasteiger partial charge in [0.2, 0.25) is 0 Å². The molecule has 0 bridgehead atoms. The van der Waals surface area contributed by atoms with Crippen LogP contribution in [0, 0.1) is 0 Å². The quantitative estimate of drug-likeness (QED) is 0.471. The third-order valence-electron chi connectivity index (χ3n) is 3.27. The summed E-state index contributed by atoms with van der Waals surface area (Å²) in [5.74, 6) is 1.04. The second-order valence-electron chi connectivity index (χ2n) is 5.21. The molecule has 0 aliphatic rings. The minimum absolute atomic E-state index is 0.0880. The van der Waals surface area contributed by atoms with Gasteiger partial charge in [0.15, 0.2) is 0 Å². The molecule has 8 heteroatoms. The normalized spacial score (nSPS) is 12.6. The van der Waals surface area contributed by atoms with Crippen LogP contribution in [0.25, 0.3) is 0 Å². The fourth-order valence-corrected chi connectivity index (χ4v) is 2.08. The van der Waals surface area contributed by atoms with E-state index >= 15 is 0 Å². The molecule has 0 amide bonds. The molecule has 1 unspecified atom stereocenters. The maximum absolute atomic E-state index is 8.74. The average Bonchev–Trinajstić information content (AvgIpc) is 2.88. The highest BCUT2D eigenvalue weighted by Gasteiger charge is 2.09. The van der Waals surface area contributed by atoms with Gasteiger partial charge in [-0.15, -0.1) is 0 Å². The first-order valence-electron chi connectivity index (χ1n) is 7.76. The molecule has 7 nitrogen and oxygen atoms in total. The molecule has 4 N–H and O–H groups in total. The van der Waals surface area contributed by atoms with E-state index in [1.54, 1.807) is 0 Å². The lowest BCUT2D eigenvalue weighted by molar-refractivity contribution is 0.381. The fourth-order valence-electron chi connectivity index (χ4n) is 2.08. The molecule has 0 fully saturated rings. The van der Waals surface area contributed by atoms with Crippen molar-refractivity contribution in [1.82, 2.24) is 9.55 Å². The minimum atomic E-state index is -4.67. The van der Waals surface area contributed by atoms with Gasteiger partial charge in [0.25, 0.3) is 0 Å². The molecule has 1 heterocycles. The predicted molar refractivity (Wildman–Crippen MR) is 87.0 cm³/mol. The number of imidazole rings is 1. The van der Waals surface area contributed by atoms with Crippen LogP contribution in [-0.2, 0) is 16.9 Å². The molecule has 0 spiro atoms. The van der Waals surface area contributed by atoms with E-state index in [-0.39, 0.29) is 6.04 Å². The average molecular weight is 335 g/mol. The van der Waals surface area contributed by atoms with Crippen molar-refractivity contribution in [2.24, 2.45) is 5.73 Å². The lowest BCUT2D eigenvalue weighted by atomic mass is 10.1. The third kappa shape index (κ3) is 11.7. The Morgan fingerprint density at radius 2 is 1.73 bits per heavy atom. The molecule has 0 radical (unpaired) electrons. The van der Waals surface area contributed by atoms with Gasteiger partial charge < -0.3 is 10.3 Å². The highest BCUT2D eigenvalue weighted by Crippen LogP contribution is 2.13. The molecule has 0 saturated heterocycles. The summed E-state index contributed by atoms with van der Waals surface area (Å²) in [6.07, 6.45) is 12.8. The Kier molecular flexibility index (Phi) is 11.1. The molecule has 0 aromatic carbocycles. The predicted octanol–water partition coefficient (Wildman–Crippen LogP) is 3.00. The van der Waals surface area contributed by atoms with Gasteiger partial charge in [-0.1, -0.05) is 46.0 Å². The SMILES string of the molecule is CCCCCCCCn1ccnc1C(N)CC.O=S(=O)(O)O. The summed E-state index contributed by atoms with van der Waals surface area (Å²) in [6, 6.07) is 0.0880. The van der Waals surface area contributed by atoms with Crippen LogP contribution in [0.2, 0.25) is 0 Å². The topological polar surface area (TPSA) is 118 Å². The second kappa shape index (κ2) is 11.6. The van der Waals surface area contributed by atoms with E-state index in [1.807, 2.05) is 6.20 Å². The highest BCUT2D eigenvalue weighted by atomic mass is 32.3. The zero-order valence-electron chi connectivity index (χ0n) is 13.5. The zero-order chi connectivity index (χ0) is 17.0. The number of unbranched alkanes of at least 4 members (excludes halogenated alkanes) is 5. The van der Waals surface area contributed by atoms with Crippen LogP contribution in [-0.4, -0.2) is 27.1 Å². The number of nitrogens with zero attached hydrogens (tertiary/aromatic N) is 2.